The maximum absolute atomic E-state index is 12.3. The molecule has 3 rings (SSSR count). The molecule has 2 aromatic rings. The Morgan fingerprint density at radius 2 is 2.00 bits per heavy atom. The van der Waals surface area contributed by atoms with Gasteiger partial charge in [0.05, 0.1) is 5.75 Å². The predicted molar refractivity (Wildman–Crippen MR) is 96.3 cm³/mol. The van der Waals surface area contributed by atoms with E-state index in [4.69, 9.17) is 4.74 Å². The van der Waals surface area contributed by atoms with Gasteiger partial charge >= 0.3 is 0 Å². The average Bonchev–Trinajstić information content (AvgIpc) is 3.31. The number of thioether (sulfide) groups is 1. The molecule has 1 fully saturated rings. The van der Waals surface area contributed by atoms with Crippen molar-refractivity contribution in [2.75, 3.05) is 32.6 Å². The van der Waals surface area contributed by atoms with Crippen LogP contribution in [0.15, 0.2) is 29.7 Å². The van der Waals surface area contributed by atoms with E-state index in [9.17, 15) is 4.79 Å². The highest BCUT2D eigenvalue weighted by Gasteiger charge is 2.20. The number of likely N-dealkylation sites (tertiary alicyclic amines) is 1. The summed E-state index contributed by atoms with van der Waals surface area (Å²) >= 11 is 1.46. The molecule has 2 aromatic heterocycles. The van der Waals surface area contributed by atoms with Crippen LogP contribution in [0.3, 0.4) is 0 Å². The summed E-state index contributed by atoms with van der Waals surface area (Å²) < 4.78 is 7.23. The number of carbonyl (C=O) groups is 1. The molecule has 0 atom stereocenters. The molecule has 7 nitrogen and oxygen atoms in total. The lowest BCUT2D eigenvalue weighted by Gasteiger charge is -2.15. The van der Waals surface area contributed by atoms with Crippen molar-refractivity contribution in [1.29, 1.82) is 0 Å². The van der Waals surface area contributed by atoms with Crippen LogP contribution in [0.1, 0.15) is 19.3 Å². The number of aromatic nitrogens is 4. The molecule has 1 aliphatic rings. The number of rotatable bonds is 8. The van der Waals surface area contributed by atoms with Gasteiger partial charge in [-0.2, -0.15) is 0 Å². The zero-order valence-corrected chi connectivity index (χ0v) is 15.2. The van der Waals surface area contributed by atoms with E-state index in [1.165, 1.54) is 11.8 Å². The Hall–Kier alpha value is -1.93. The number of amides is 1. The summed E-state index contributed by atoms with van der Waals surface area (Å²) in [7, 11) is 1.69. The van der Waals surface area contributed by atoms with Gasteiger partial charge in [-0.3, -0.25) is 9.78 Å². The van der Waals surface area contributed by atoms with Gasteiger partial charge in [-0.1, -0.05) is 11.8 Å². The lowest BCUT2D eigenvalue weighted by Crippen LogP contribution is -2.29. The Bertz CT molecular complexity index is 686. The van der Waals surface area contributed by atoms with E-state index in [0.717, 1.165) is 55.4 Å². The molecular formula is C17H23N5O2S. The summed E-state index contributed by atoms with van der Waals surface area (Å²) in [5.74, 6) is 1.38. The van der Waals surface area contributed by atoms with E-state index in [0.29, 0.717) is 12.4 Å². The van der Waals surface area contributed by atoms with Crippen LogP contribution >= 0.6 is 11.8 Å². The lowest BCUT2D eigenvalue weighted by atomic mass is 10.2. The zero-order chi connectivity index (χ0) is 17.5. The van der Waals surface area contributed by atoms with Crippen LogP contribution in [0.5, 0.6) is 0 Å². The Balaban J connectivity index is 1.73. The van der Waals surface area contributed by atoms with Crippen molar-refractivity contribution in [3.8, 4) is 11.4 Å². The largest absolute Gasteiger partial charge is 0.385 e. The van der Waals surface area contributed by atoms with Crippen molar-refractivity contribution in [2.24, 2.45) is 0 Å². The number of hydrogen-bond donors (Lipinski definition) is 0. The van der Waals surface area contributed by atoms with Crippen molar-refractivity contribution in [2.45, 2.75) is 31.0 Å². The second-order valence-electron chi connectivity index (χ2n) is 5.92. The molecule has 3 heterocycles. The minimum atomic E-state index is 0.180. The third kappa shape index (κ3) is 4.58. The third-order valence-corrected chi connectivity index (χ3v) is 5.12. The minimum Gasteiger partial charge on any atom is -0.385 e. The molecule has 0 aliphatic carbocycles. The molecule has 0 spiro atoms. The maximum Gasteiger partial charge on any atom is 0.233 e. The fraction of sp³-hybridized carbons (Fsp3) is 0.529. The van der Waals surface area contributed by atoms with Crippen LogP contribution in [0.25, 0.3) is 11.4 Å². The van der Waals surface area contributed by atoms with E-state index in [-0.39, 0.29) is 5.91 Å². The molecule has 1 amide bonds. The first kappa shape index (κ1) is 17.9. The molecule has 1 saturated heterocycles. The van der Waals surface area contributed by atoms with Crippen LogP contribution in [0.4, 0.5) is 0 Å². The van der Waals surface area contributed by atoms with Crippen molar-refractivity contribution in [3.63, 3.8) is 0 Å². The van der Waals surface area contributed by atoms with Crippen LogP contribution in [-0.2, 0) is 16.1 Å². The van der Waals surface area contributed by atoms with Crippen molar-refractivity contribution in [3.05, 3.63) is 24.5 Å². The Morgan fingerprint density at radius 1 is 1.24 bits per heavy atom. The highest BCUT2D eigenvalue weighted by atomic mass is 32.2. The van der Waals surface area contributed by atoms with Crippen LogP contribution in [0.2, 0.25) is 0 Å². The number of nitrogens with zero attached hydrogens (tertiary/aromatic N) is 5. The standard InChI is InChI=1S/C17H23N5O2S/c1-24-12-4-11-22-16(14-5-7-18-8-6-14)19-20-17(22)25-13-15(23)21-9-2-3-10-21/h5-8H,2-4,9-13H2,1H3. The van der Waals surface area contributed by atoms with Gasteiger partial charge in [0.1, 0.15) is 0 Å². The molecule has 0 saturated carbocycles. The lowest BCUT2D eigenvalue weighted by molar-refractivity contribution is -0.127. The average molecular weight is 361 g/mol. The van der Waals surface area contributed by atoms with Crippen molar-refractivity contribution < 1.29 is 9.53 Å². The third-order valence-electron chi connectivity index (χ3n) is 4.17. The smallest absolute Gasteiger partial charge is 0.233 e. The van der Waals surface area contributed by atoms with Gasteiger partial charge in [0.15, 0.2) is 11.0 Å². The summed E-state index contributed by atoms with van der Waals surface area (Å²) in [5, 5.41) is 9.43. The molecule has 0 radical (unpaired) electrons. The maximum atomic E-state index is 12.3. The zero-order valence-electron chi connectivity index (χ0n) is 14.4. The second-order valence-corrected chi connectivity index (χ2v) is 6.86. The fourth-order valence-electron chi connectivity index (χ4n) is 2.86. The molecular weight excluding hydrogens is 338 g/mol. The van der Waals surface area contributed by atoms with Gasteiger partial charge in [-0.05, 0) is 31.4 Å². The van der Waals surface area contributed by atoms with E-state index >= 15 is 0 Å². The molecule has 25 heavy (non-hydrogen) atoms. The molecule has 0 aromatic carbocycles. The minimum absolute atomic E-state index is 0.180. The topological polar surface area (TPSA) is 73.1 Å². The van der Waals surface area contributed by atoms with Gasteiger partial charge in [0, 0.05) is 51.3 Å². The summed E-state index contributed by atoms with van der Waals surface area (Å²) in [6, 6.07) is 3.83. The molecule has 8 heteroatoms. The van der Waals surface area contributed by atoms with Gasteiger partial charge < -0.3 is 14.2 Å². The quantitative estimate of drug-likeness (QED) is 0.529. The van der Waals surface area contributed by atoms with Crippen LogP contribution in [0, 0.1) is 0 Å². The predicted octanol–water partition coefficient (Wildman–Crippen LogP) is 2.09. The summed E-state index contributed by atoms with van der Waals surface area (Å²) in [6.45, 7) is 3.17. The molecule has 134 valence electrons. The summed E-state index contributed by atoms with van der Waals surface area (Å²) in [4.78, 5) is 18.3. The second kappa shape index (κ2) is 8.96. The Kier molecular flexibility index (Phi) is 6.41. The summed E-state index contributed by atoms with van der Waals surface area (Å²) in [6.07, 6.45) is 6.56. The van der Waals surface area contributed by atoms with E-state index in [1.54, 1.807) is 19.5 Å². The first-order valence-electron chi connectivity index (χ1n) is 8.52. The number of hydrogen-bond acceptors (Lipinski definition) is 6. The normalized spacial score (nSPS) is 14.2. The molecule has 1 aliphatic heterocycles. The highest BCUT2D eigenvalue weighted by Crippen LogP contribution is 2.24. The van der Waals surface area contributed by atoms with Gasteiger partial charge in [0.2, 0.25) is 5.91 Å². The van der Waals surface area contributed by atoms with Gasteiger partial charge in [0.25, 0.3) is 0 Å². The molecule has 0 N–H and O–H groups in total. The SMILES string of the molecule is COCCCn1c(SCC(=O)N2CCCC2)nnc1-c1ccncc1. The number of pyridine rings is 1. The van der Waals surface area contributed by atoms with E-state index in [1.807, 2.05) is 17.0 Å². The first-order valence-corrected chi connectivity index (χ1v) is 9.51. The van der Waals surface area contributed by atoms with Crippen molar-refractivity contribution >= 4 is 17.7 Å². The van der Waals surface area contributed by atoms with Crippen molar-refractivity contribution in [1.82, 2.24) is 24.6 Å². The van der Waals surface area contributed by atoms with Crippen LogP contribution in [-0.4, -0.2) is 63.1 Å². The fourth-order valence-corrected chi connectivity index (χ4v) is 3.73. The number of carbonyl (C=O) groups excluding carboxylic acids is 1. The van der Waals surface area contributed by atoms with E-state index in [2.05, 4.69) is 19.7 Å². The summed E-state index contributed by atoms with van der Waals surface area (Å²) in [5.41, 5.74) is 0.970. The monoisotopic (exact) mass is 361 g/mol. The van der Waals surface area contributed by atoms with Gasteiger partial charge in [-0.25, -0.2) is 0 Å². The Morgan fingerprint density at radius 3 is 2.72 bits per heavy atom. The molecule has 0 bridgehead atoms. The van der Waals surface area contributed by atoms with Gasteiger partial charge in [-0.15, -0.1) is 10.2 Å². The number of ether oxygens (including phenoxy) is 1. The first-order chi connectivity index (χ1) is 12.3. The highest BCUT2D eigenvalue weighted by molar-refractivity contribution is 7.99. The number of methoxy groups -OCH3 is 1. The van der Waals surface area contributed by atoms with E-state index < -0.39 is 0 Å². The van der Waals surface area contributed by atoms with Crippen LogP contribution < -0.4 is 0 Å². The molecule has 0 unspecified atom stereocenters. The Labute approximate surface area is 151 Å².